The zero-order chi connectivity index (χ0) is 21.4. The fraction of sp³-hybridized carbons (Fsp3) is 0.318. The third-order valence-electron chi connectivity index (χ3n) is 5.73. The van der Waals surface area contributed by atoms with Gasteiger partial charge in [-0.3, -0.25) is 14.9 Å². The van der Waals surface area contributed by atoms with E-state index in [9.17, 15) is 9.59 Å². The average Bonchev–Trinajstić information content (AvgIpc) is 3.10. The lowest BCUT2D eigenvalue weighted by molar-refractivity contribution is -0.127. The Bertz CT molecular complexity index is 1130. The van der Waals surface area contributed by atoms with Crippen LogP contribution in [0.5, 0.6) is 0 Å². The summed E-state index contributed by atoms with van der Waals surface area (Å²) in [7, 11) is 0. The molecular weight excluding hydrogens is 398 g/mol. The number of benzene rings is 1. The second kappa shape index (κ2) is 8.04. The highest BCUT2D eigenvalue weighted by Gasteiger charge is 2.37. The van der Waals surface area contributed by atoms with E-state index in [2.05, 4.69) is 27.8 Å². The van der Waals surface area contributed by atoms with Gasteiger partial charge in [0.05, 0.1) is 18.0 Å². The number of hydrogen-bond acceptors (Lipinski definition) is 6. The molecule has 0 saturated carbocycles. The van der Waals surface area contributed by atoms with Crippen LogP contribution in [0, 0.1) is 12.8 Å². The molecule has 6 N–H and O–H groups in total. The highest BCUT2D eigenvalue weighted by atomic mass is 32.1. The summed E-state index contributed by atoms with van der Waals surface area (Å²) >= 11 is 1.67. The van der Waals surface area contributed by atoms with Crippen molar-refractivity contribution in [3.05, 3.63) is 58.1 Å². The van der Waals surface area contributed by atoms with Gasteiger partial charge >= 0.3 is 0 Å². The number of hydrogen-bond donors (Lipinski definition) is 4. The summed E-state index contributed by atoms with van der Waals surface area (Å²) in [6.07, 6.45) is 0.538. The third kappa shape index (κ3) is 3.76. The molecule has 8 heteroatoms. The van der Waals surface area contributed by atoms with Gasteiger partial charge < -0.3 is 16.8 Å². The Labute approximate surface area is 178 Å². The zero-order valence-electron chi connectivity index (χ0n) is 16.9. The summed E-state index contributed by atoms with van der Waals surface area (Å²) in [5.41, 5.74) is 14.1. The van der Waals surface area contributed by atoms with Crippen molar-refractivity contribution in [2.45, 2.75) is 38.9 Å². The van der Waals surface area contributed by atoms with Crippen LogP contribution < -0.4 is 22.1 Å². The molecule has 3 heterocycles. The van der Waals surface area contributed by atoms with Crippen LogP contribution in [0.25, 0.3) is 10.1 Å². The molecule has 0 bridgehead atoms. The number of carbonyl (C=O) groups is 2. The van der Waals surface area contributed by atoms with Crippen molar-refractivity contribution in [1.82, 2.24) is 15.6 Å². The number of aromatic nitrogens is 1. The molecule has 0 radical (unpaired) electrons. The predicted octanol–water partition coefficient (Wildman–Crippen LogP) is 2.18. The maximum absolute atomic E-state index is 13.0. The molecule has 0 spiro atoms. The number of aryl methyl sites for hydroxylation is 1. The Balaban J connectivity index is 1.58. The molecule has 2 aromatic heterocycles. The third-order valence-corrected chi connectivity index (χ3v) is 7.02. The molecule has 7 nitrogen and oxygen atoms in total. The number of fused-ring (bicyclic) bond motifs is 3. The minimum atomic E-state index is -0.501. The number of anilines is 1. The Morgan fingerprint density at radius 2 is 2.07 bits per heavy atom. The fourth-order valence-electron chi connectivity index (χ4n) is 3.98. The molecule has 30 heavy (non-hydrogen) atoms. The number of nitrogens with two attached hydrogens (primary N) is 2. The molecular formula is C22H25N5O2S. The molecule has 2 unspecified atom stereocenters. The van der Waals surface area contributed by atoms with Gasteiger partial charge in [-0.2, -0.15) is 0 Å². The number of rotatable bonds is 5. The van der Waals surface area contributed by atoms with Crippen molar-refractivity contribution in [1.29, 1.82) is 0 Å². The predicted molar refractivity (Wildman–Crippen MR) is 119 cm³/mol. The number of nitrogens with zero attached hydrogens (tertiary/aromatic N) is 1. The summed E-state index contributed by atoms with van der Waals surface area (Å²) in [5.74, 6) is -0.437. The van der Waals surface area contributed by atoms with Crippen LogP contribution in [0.15, 0.2) is 36.4 Å². The first-order valence-electron chi connectivity index (χ1n) is 9.90. The van der Waals surface area contributed by atoms with Gasteiger partial charge in [-0.15, -0.1) is 11.3 Å². The molecule has 156 valence electrons. The number of carbonyl (C=O) groups excluding carboxylic acids is 2. The first kappa shape index (κ1) is 20.3. The fourth-order valence-corrected chi connectivity index (χ4v) is 5.38. The van der Waals surface area contributed by atoms with Gasteiger partial charge in [0.25, 0.3) is 0 Å². The number of nitrogen functional groups attached to an aromatic ring is 1. The Hall–Kier alpha value is -2.97. The first-order chi connectivity index (χ1) is 14.3. The Morgan fingerprint density at radius 1 is 1.30 bits per heavy atom. The quantitative estimate of drug-likeness (QED) is 0.501. The Kier molecular flexibility index (Phi) is 5.44. The maximum Gasteiger partial charge on any atom is 0.234 e. The van der Waals surface area contributed by atoms with Crippen molar-refractivity contribution in [2.75, 3.05) is 5.73 Å². The second-order valence-corrected chi connectivity index (χ2v) is 8.82. The second-order valence-electron chi connectivity index (χ2n) is 7.73. The lowest BCUT2D eigenvalue weighted by atomic mass is 9.88. The van der Waals surface area contributed by atoms with E-state index in [1.807, 2.05) is 32.0 Å². The van der Waals surface area contributed by atoms with E-state index >= 15 is 0 Å². The lowest BCUT2D eigenvalue weighted by Crippen LogP contribution is -2.50. The zero-order valence-corrected chi connectivity index (χ0v) is 17.8. The highest BCUT2D eigenvalue weighted by molar-refractivity contribution is 7.19. The van der Waals surface area contributed by atoms with Gasteiger partial charge in [-0.25, -0.2) is 4.98 Å². The van der Waals surface area contributed by atoms with E-state index in [1.165, 1.54) is 0 Å². The molecule has 0 saturated heterocycles. The molecule has 3 atom stereocenters. The number of amides is 2. The highest BCUT2D eigenvalue weighted by Crippen LogP contribution is 2.41. The van der Waals surface area contributed by atoms with E-state index in [0.717, 1.165) is 31.8 Å². The van der Waals surface area contributed by atoms with Crippen molar-refractivity contribution < 1.29 is 9.59 Å². The summed E-state index contributed by atoms with van der Waals surface area (Å²) < 4.78 is 1.15. The number of nitrogens with one attached hydrogen (secondary N) is 2. The van der Waals surface area contributed by atoms with E-state index in [4.69, 9.17) is 11.5 Å². The SMILES string of the molecule is Cc1nc(N)ccc1CNC(=O)[C@@H](C)C1NC(C(N)=O)Cc2c1sc1ccccc21. The van der Waals surface area contributed by atoms with Gasteiger partial charge in [0.15, 0.2) is 0 Å². The van der Waals surface area contributed by atoms with E-state index in [-0.39, 0.29) is 17.9 Å². The molecule has 1 aliphatic rings. The molecule has 0 fully saturated rings. The summed E-state index contributed by atoms with van der Waals surface area (Å²) in [4.78, 5) is 30.3. The van der Waals surface area contributed by atoms with E-state index in [0.29, 0.717) is 18.8 Å². The molecule has 3 aromatic rings. The standard InChI is InChI=1S/C22H25N5O2S/c1-11(22(29)25-10-13-7-8-18(23)26-12(13)2)19-20-15(9-16(27-19)21(24)28)14-5-3-4-6-17(14)30-20/h3-8,11,16,19,27H,9-10H2,1-2H3,(H2,23,26)(H2,24,28)(H,25,29)/t11-,16?,19?/m0/s1. The molecule has 2 amide bonds. The largest absolute Gasteiger partial charge is 0.384 e. The normalized spacial score (nSPS) is 19.3. The van der Waals surface area contributed by atoms with Crippen LogP contribution in [0.1, 0.15) is 34.7 Å². The summed E-state index contributed by atoms with van der Waals surface area (Å²) in [6.45, 7) is 4.11. The van der Waals surface area contributed by atoms with E-state index < -0.39 is 11.9 Å². The van der Waals surface area contributed by atoms with Crippen molar-refractivity contribution >= 4 is 39.1 Å². The first-order valence-corrected chi connectivity index (χ1v) is 10.7. The van der Waals surface area contributed by atoms with Crippen LogP contribution >= 0.6 is 11.3 Å². The van der Waals surface area contributed by atoms with Gasteiger partial charge in [0, 0.05) is 21.8 Å². The van der Waals surface area contributed by atoms with Crippen molar-refractivity contribution in [3.63, 3.8) is 0 Å². The lowest BCUT2D eigenvalue weighted by Gasteiger charge is -2.33. The van der Waals surface area contributed by atoms with Gasteiger partial charge in [-0.05, 0) is 42.0 Å². The van der Waals surface area contributed by atoms with Crippen LogP contribution in [0.2, 0.25) is 0 Å². The van der Waals surface area contributed by atoms with Crippen LogP contribution in [-0.2, 0) is 22.6 Å². The number of primary amides is 1. The van der Waals surface area contributed by atoms with Crippen LogP contribution in [0.3, 0.4) is 0 Å². The minimum Gasteiger partial charge on any atom is -0.384 e. The van der Waals surface area contributed by atoms with Crippen LogP contribution in [0.4, 0.5) is 5.82 Å². The van der Waals surface area contributed by atoms with Crippen molar-refractivity contribution in [2.24, 2.45) is 11.7 Å². The summed E-state index contributed by atoms with van der Waals surface area (Å²) in [6, 6.07) is 10.9. The molecule has 0 aliphatic carbocycles. The van der Waals surface area contributed by atoms with Crippen molar-refractivity contribution in [3.8, 4) is 0 Å². The molecule has 4 rings (SSSR count). The summed E-state index contributed by atoms with van der Waals surface area (Å²) in [5, 5.41) is 7.44. The Morgan fingerprint density at radius 3 is 2.80 bits per heavy atom. The molecule has 1 aliphatic heterocycles. The van der Waals surface area contributed by atoms with Crippen LogP contribution in [-0.4, -0.2) is 22.8 Å². The minimum absolute atomic E-state index is 0.0998. The number of thiophene rings is 1. The van der Waals surface area contributed by atoms with E-state index in [1.54, 1.807) is 17.4 Å². The van der Waals surface area contributed by atoms with Gasteiger partial charge in [0.2, 0.25) is 11.8 Å². The number of pyridine rings is 1. The molecule has 1 aromatic carbocycles. The maximum atomic E-state index is 13.0. The van der Waals surface area contributed by atoms with Gasteiger partial charge in [0.1, 0.15) is 5.82 Å². The average molecular weight is 424 g/mol. The van der Waals surface area contributed by atoms with Gasteiger partial charge in [-0.1, -0.05) is 31.2 Å². The topological polar surface area (TPSA) is 123 Å². The monoisotopic (exact) mass is 423 g/mol. The smallest absolute Gasteiger partial charge is 0.234 e.